The van der Waals surface area contributed by atoms with Gasteiger partial charge in [0.15, 0.2) is 0 Å². The molecule has 0 bridgehead atoms. The monoisotopic (exact) mass is 314 g/mol. The fourth-order valence-electron chi connectivity index (χ4n) is 2.48. The molecule has 2 rings (SSSR count). The molecule has 4 nitrogen and oxygen atoms in total. The molecule has 1 unspecified atom stereocenters. The van der Waals surface area contributed by atoms with Gasteiger partial charge in [0.1, 0.15) is 6.54 Å². The third-order valence-electron chi connectivity index (χ3n) is 3.69. The van der Waals surface area contributed by atoms with E-state index in [2.05, 4.69) is 0 Å². The summed E-state index contributed by atoms with van der Waals surface area (Å²) in [7, 11) is 1.56. The highest BCUT2D eigenvalue weighted by Gasteiger charge is 2.41. The number of alkyl halides is 3. The minimum atomic E-state index is -4.45. The van der Waals surface area contributed by atoms with Crippen molar-refractivity contribution >= 4 is 17.5 Å². The van der Waals surface area contributed by atoms with Crippen molar-refractivity contribution in [2.75, 3.05) is 25.0 Å². The molecule has 0 spiro atoms. The zero-order chi connectivity index (χ0) is 16.5. The Kier molecular flexibility index (Phi) is 4.44. The van der Waals surface area contributed by atoms with Gasteiger partial charge in [-0.2, -0.15) is 13.2 Å². The molecule has 2 amide bonds. The first-order valence-corrected chi connectivity index (χ1v) is 6.86. The average molecular weight is 314 g/mol. The molecule has 1 atom stereocenters. The average Bonchev–Trinajstić information content (AvgIpc) is 2.77. The van der Waals surface area contributed by atoms with E-state index < -0.39 is 24.5 Å². The maximum Gasteiger partial charge on any atom is 0.406 e. The number of anilines is 1. The molecule has 1 aliphatic heterocycles. The fraction of sp³-hybridized carbons (Fsp3) is 0.467. The molecule has 1 saturated heterocycles. The van der Waals surface area contributed by atoms with Crippen molar-refractivity contribution in [1.82, 2.24) is 4.90 Å². The van der Waals surface area contributed by atoms with Crippen molar-refractivity contribution in [3.05, 3.63) is 29.8 Å². The van der Waals surface area contributed by atoms with Gasteiger partial charge in [-0.15, -0.1) is 0 Å². The number of hydrogen-bond donors (Lipinski definition) is 0. The molecule has 0 aliphatic carbocycles. The maximum absolute atomic E-state index is 12.4. The first-order chi connectivity index (χ1) is 10.2. The molecule has 1 aromatic rings. The van der Waals surface area contributed by atoms with Gasteiger partial charge in [0.05, 0.1) is 5.92 Å². The fourth-order valence-corrected chi connectivity index (χ4v) is 2.48. The summed E-state index contributed by atoms with van der Waals surface area (Å²) >= 11 is 0. The van der Waals surface area contributed by atoms with Crippen LogP contribution in [0.15, 0.2) is 24.3 Å². The topological polar surface area (TPSA) is 40.6 Å². The second kappa shape index (κ2) is 5.98. The van der Waals surface area contributed by atoms with E-state index in [0.717, 1.165) is 5.56 Å². The maximum atomic E-state index is 12.4. The van der Waals surface area contributed by atoms with E-state index in [1.54, 1.807) is 19.2 Å². The van der Waals surface area contributed by atoms with Gasteiger partial charge in [-0.05, 0) is 19.1 Å². The zero-order valence-corrected chi connectivity index (χ0v) is 12.4. The van der Waals surface area contributed by atoms with Crippen LogP contribution in [-0.4, -0.2) is 43.0 Å². The van der Waals surface area contributed by atoms with Gasteiger partial charge in [-0.1, -0.05) is 17.7 Å². The van der Waals surface area contributed by atoms with Crippen molar-refractivity contribution < 1.29 is 22.8 Å². The Labute approximate surface area is 126 Å². The lowest BCUT2D eigenvalue weighted by Gasteiger charge is -2.22. The van der Waals surface area contributed by atoms with Crippen LogP contribution in [-0.2, 0) is 9.59 Å². The smallest absolute Gasteiger partial charge is 0.333 e. The second-order valence-electron chi connectivity index (χ2n) is 5.52. The van der Waals surface area contributed by atoms with Crippen molar-refractivity contribution in [1.29, 1.82) is 0 Å². The SMILES string of the molecule is Cc1ccc(N(C)C(=O)C2CC(=O)N(CC(F)(F)F)C2)cc1. The van der Waals surface area contributed by atoms with Gasteiger partial charge >= 0.3 is 6.18 Å². The van der Waals surface area contributed by atoms with E-state index in [1.807, 2.05) is 19.1 Å². The quantitative estimate of drug-likeness (QED) is 0.859. The van der Waals surface area contributed by atoms with Crippen LogP contribution in [0.4, 0.5) is 18.9 Å². The molecule has 1 heterocycles. The number of rotatable bonds is 3. The van der Waals surface area contributed by atoms with Gasteiger partial charge in [-0.25, -0.2) is 0 Å². The summed E-state index contributed by atoms with van der Waals surface area (Å²) in [5, 5.41) is 0. The molecule has 7 heteroatoms. The Bertz CT molecular complexity index is 569. The number of carbonyl (C=O) groups excluding carboxylic acids is 2. The van der Waals surface area contributed by atoms with Crippen LogP contribution in [0.1, 0.15) is 12.0 Å². The summed E-state index contributed by atoms with van der Waals surface area (Å²) in [6, 6.07) is 7.21. The molecule has 22 heavy (non-hydrogen) atoms. The molecule has 0 aromatic heterocycles. The van der Waals surface area contributed by atoms with Crippen LogP contribution in [0.5, 0.6) is 0 Å². The molecular formula is C15H17F3N2O2. The minimum absolute atomic E-state index is 0.175. The lowest BCUT2D eigenvalue weighted by molar-refractivity contribution is -0.157. The van der Waals surface area contributed by atoms with E-state index in [4.69, 9.17) is 0 Å². The zero-order valence-electron chi connectivity index (χ0n) is 12.4. The summed E-state index contributed by atoms with van der Waals surface area (Å²) in [6.45, 7) is 0.424. The molecule has 0 radical (unpaired) electrons. The predicted molar refractivity (Wildman–Crippen MR) is 75.3 cm³/mol. The first-order valence-electron chi connectivity index (χ1n) is 6.86. The summed E-state index contributed by atoms with van der Waals surface area (Å²) < 4.78 is 37.1. The van der Waals surface area contributed by atoms with Gasteiger partial charge in [-0.3, -0.25) is 9.59 Å². The van der Waals surface area contributed by atoms with Crippen LogP contribution < -0.4 is 4.90 Å². The molecule has 1 aliphatic rings. The molecular weight excluding hydrogens is 297 g/mol. The summed E-state index contributed by atoms with van der Waals surface area (Å²) in [4.78, 5) is 26.1. The highest BCUT2D eigenvalue weighted by atomic mass is 19.4. The molecule has 0 saturated carbocycles. The standard InChI is InChI=1S/C15H17F3N2O2/c1-10-3-5-12(6-4-10)19(2)14(22)11-7-13(21)20(8-11)9-15(16,17)18/h3-6,11H,7-9H2,1-2H3. The summed E-state index contributed by atoms with van der Waals surface area (Å²) in [6.07, 6.45) is -4.62. The summed E-state index contributed by atoms with van der Waals surface area (Å²) in [5.41, 5.74) is 1.69. The molecule has 0 N–H and O–H groups in total. The van der Waals surface area contributed by atoms with Gasteiger partial charge in [0.25, 0.3) is 0 Å². The van der Waals surface area contributed by atoms with Crippen molar-refractivity contribution in [2.45, 2.75) is 19.5 Å². The van der Waals surface area contributed by atoms with Crippen LogP contribution >= 0.6 is 0 Å². The van der Waals surface area contributed by atoms with Crippen molar-refractivity contribution in [3.8, 4) is 0 Å². The first kappa shape index (κ1) is 16.3. The van der Waals surface area contributed by atoms with Crippen LogP contribution in [0, 0.1) is 12.8 Å². The number of halogens is 3. The van der Waals surface area contributed by atoms with E-state index >= 15 is 0 Å². The third kappa shape index (κ3) is 3.78. The number of hydrogen-bond acceptors (Lipinski definition) is 2. The largest absolute Gasteiger partial charge is 0.406 e. The number of carbonyl (C=O) groups is 2. The Balaban J connectivity index is 2.04. The lowest BCUT2D eigenvalue weighted by atomic mass is 10.1. The Morgan fingerprint density at radius 3 is 2.45 bits per heavy atom. The Morgan fingerprint density at radius 2 is 1.91 bits per heavy atom. The highest BCUT2D eigenvalue weighted by Crippen LogP contribution is 2.26. The number of benzene rings is 1. The molecule has 1 aromatic carbocycles. The van der Waals surface area contributed by atoms with Gasteiger partial charge in [0.2, 0.25) is 11.8 Å². The lowest BCUT2D eigenvalue weighted by Crippen LogP contribution is -2.37. The molecule has 120 valence electrons. The van der Waals surface area contributed by atoms with Crippen LogP contribution in [0.25, 0.3) is 0 Å². The van der Waals surface area contributed by atoms with Crippen LogP contribution in [0.3, 0.4) is 0 Å². The minimum Gasteiger partial charge on any atom is -0.333 e. The van der Waals surface area contributed by atoms with Gasteiger partial charge < -0.3 is 9.80 Å². The number of aryl methyl sites for hydroxylation is 1. The molecule has 1 fully saturated rings. The van der Waals surface area contributed by atoms with Crippen LogP contribution in [0.2, 0.25) is 0 Å². The Morgan fingerprint density at radius 1 is 1.32 bits per heavy atom. The van der Waals surface area contributed by atoms with Gasteiger partial charge in [0, 0.05) is 25.7 Å². The van der Waals surface area contributed by atoms with Crippen molar-refractivity contribution in [2.24, 2.45) is 5.92 Å². The number of amides is 2. The van der Waals surface area contributed by atoms with E-state index in [1.165, 1.54) is 4.90 Å². The summed E-state index contributed by atoms with van der Waals surface area (Å²) in [5.74, 6) is -1.71. The number of likely N-dealkylation sites (tertiary alicyclic amines) is 1. The van der Waals surface area contributed by atoms with E-state index in [9.17, 15) is 22.8 Å². The highest BCUT2D eigenvalue weighted by molar-refractivity contribution is 5.98. The van der Waals surface area contributed by atoms with E-state index in [0.29, 0.717) is 10.6 Å². The normalized spacial score (nSPS) is 18.7. The van der Waals surface area contributed by atoms with Crippen molar-refractivity contribution in [3.63, 3.8) is 0 Å². The van der Waals surface area contributed by atoms with E-state index in [-0.39, 0.29) is 18.9 Å². The third-order valence-corrected chi connectivity index (χ3v) is 3.69. The Hall–Kier alpha value is -2.05. The number of nitrogens with zero attached hydrogens (tertiary/aromatic N) is 2. The second-order valence-corrected chi connectivity index (χ2v) is 5.52. The predicted octanol–water partition coefficient (Wildman–Crippen LogP) is 2.37.